The molecule has 154 valence electrons. The topological polar surface area (TPSA) is 62.7 Å². The number of carbonyl (C=O) groups excluding carboxylic acids is 2. The maximum atomic E-state index is 13.6. The molecule has 0 saturated carbocycles. The number of benzene rings is 2. The molecule has 1 aromatic heterocycles. The van der Waals surface area contributed by atoms with E-state index in [1.165, 1.54) is 11.3 Å². The fourth-order valence-electron chi connectivity index (χ4n) is 3.78. The van der Waals surface area contributed by atoms with E-state index in [9.17, 15) is 9.59 Å². The smallest absolute Gasteiger partial charge is 0.266 e. The van der Waals surface area contributed by atoms with Crippen LogP contribution < -0.4 is 9.64 Å². The average Bonchev–Trinajstić information content (AvgIpc) is 3.11. The molecule has 2 aromatic carbocycles. The van der Waals surface area contributed by atoms with Crippen LogP contribution in [0.2, 0.25) is 0 Å². The van der Waals surface area contributed by atoms with Crippen LogP contribution >= 0.6 is 11.3 Å². The quantitative estimate of drug-likeness (QED) is 0.639. The molecule has 2 heterocycles. The molecule has 4 rings (SSSR count). The molecule has 1 aliphatic heterocycles. The van der Waals surface area contributed by atoms with E-state index in [0.717, 1.165) is 22.0 Å². The number of hydrogen-bond donors (Lipinski definition) is 0. The zero-order valence-electron chi connectivity index (χ0n) is 17.2. The Kier molecular flexibility index (Phi) is 5.55. The lowest BCUT2D eigenvalue weighted by Gasteiger charge is -2.40. The van der Waals surface area contributed by atoms with Gasteiger partial charge in [0.15, 0.2) is 0 Å². The van der Waals surface area contributed by atoms with Gasteiger partial charge in [0.05, 0.1) is 17.8 Å². The number of rotatable bonds is 4. The normalized spacial score (nSPS) is 16.6. The van der Waals surface area contributed by atoms with E-state index >= 15 is 0 Å². The highest BCUT2D eigenvalue weighted by atomic mass is 32.1. The number of amides is 2. The maximum absolute atomic E-state index is 13.6. The van der Waals surface area contributed by atoms with Crippen molar-refractivity contribution < 1.29 is 14.3 Å². The van der Waals surface area contributed by atoms with Crippen molar-refractivity contribution in [3.63, 3.8) is 0 Å². The number of nitrogens with zero attached hydrogens (tertiary/aromatic N) is 3. The summed E-state index contributed by atoms with van der Waals surface area (Å²) in [4.78, 5) is 35.4. The SMILES string of the molecule is COc1ccc(N2CCN(C(=O)c3sc(C)nc3C)C(c3ccccc3)C2=O)cc1. The lowest BCUT2D eigenvalue weighted by molar-refractivity contribution is -0.125. The molecule has 1 aliphatic rings. The molecule has 3 aromatic rings. The van der Waals surface area contributed by atoms with Gasteiger partial charge in [-0.1, -0.05) is 30.3 Å². The summed E-state index contributed by atoms with van der Waals surface area (Å²) in [6.45, 7) is 4.59. The van der Waals surface area contributed by atoms with Crippen LogP contribution in [0.3, 0.4) is 0 Å². The van der Waals surface area contributed by atoms with Crippen LogP contribution in [0.15, 0.2) is 54.6 Å². The van der Waals surface area contributed by atoms with Gasteiger partial charge in [-0.3, -0.25) is 9.59 Å². The van der Waals surface area contributed by atoms with Crippen molar-refractivity contribution in [2.75, 3.05) is 25.1 Å². The zero-order valence-corrected chi connectivity index (χ0v) is 18.0. The number of hydrogen-bond acceptors (Lipinski definition) is 5. The molecule has 0 N–H and O–H groups in total. The summed E-state index contributed by atoms with van der Waals surface area (Å²) >= 11 is 1.37. The number of aryl methyl sites for hydroxylation is 2. The molecule has 7 heteroatoms. The molecule has 1 atom stereocenters. The van der Waals surface area contributed by atoms with Crippen LogP contribution in [0.4, 0.5) is 5.69 Å². The summed E-state index contributed by atoms with van der Waals surface area (Å²) < 4.78 is 5.22. The zero-order chi connectivity index (χ0) is 21.3. The minimum absolute atomic E-state index is 0.121. The van der Waals surface area contributed by atoms with Crippen molar-refractivity contribution in [3.05, 3.63) is 75.7 Å². The van der Waals surface area contributed by atoms with E-state index in [4.69, 9.17) is 4.74 Å². The van der Waals surface area contributed by atoms with Crippen molar-refractivity contribution in [3.8, 4) is 5.75 Å². The first-order valence-electron chi connectivity index (χ1n) is 9.75. The molecule has 0 spiro atoms. The molecule has 30 heavy (non-hydrogen) atoms. The van der Waals surface area contributed by atoms with Crippen molar-refractivity contribution in [1.82, 2.24) is 9.88 Å². The van der Waals surface area contributed by atoms with E-state index < -0.39 is 6.04 Å². The van der Waals surface area contributed by atoms with Crippen LogP contribution in [0.5, 0.6) is 5.75 Å². The van der Waals surface area contributed by atoms with Gasteiger partial charge in [-0.2, -0.15) is 0 Å². The second-order valence-corrected chi connectivity index (χ2v) is 8.35. The van der Waals surface area contributed by atoms with Gasteiger partial charge in [0.2, 0.25) is 0 Å². The van der Waals surface area contributed by atoms with Crippen LogP contribution in [-0.2, 0) is 4.79 Å². The van der Waals surface area contributed by atoms with Gasteiger partial charge < -0.3 is 14.5 Å². The van der Waals surface area contributed by atoms with Crippen LogP contribution in [0.25, 0.3) is 0 Å². The van der Waals surface area contributed by atoms with Crippen molar-refractivity contribution in [1.29, 1.82) is 0 Å². The summed E-state index contributed by atoms with van der Waals surface area (Å²) in [7, 11) is 1.61. The number of methoxy groups -OCH3 is 1. The van der Waals surface area contributed by atoms with E-state index in [2.05, 4.69) is 4.98 Å². The average molecular weight is 422 g/mol. The van der Waals surface area contributed by atoms with E-state index in [-0.39, 0.29) is 11.8 Å². The Morgan fingerprint density at radius 3 is 2.37 bits per heavy atom. The highest BCUT2D eigenvalue weighted by molar-refractivity contribution is 7.13. The number of piperazine rings is 1. The summed E-state index contributed by atoms with van der Waals surface area (Å²) in [5.41, 5.74) is 2.30. The standard InChI is InChI=1S/C23H23N3O3S/c1-15-21(30-16(2)24-15)23(28)26-14-13-25(18-9-11-19(29-3)12-10-18)22(27)20(26)17-7-5-4-6-8-17/h4-12,20H,13-14H2,1-3H3. The fourth-order valence-corrected chi connectivity index (χ4v) is 4.66. The number of ether oxygens (including phenoxy) is 1. The Balaban J connectivity index is 1.71. The van der Waals surface area contributed by atoms with Gasteiger partial charge in [-0.25, -0.2) is 4.98 Å². The molecule has 0 aliphatic carbocycles. The molecule has 1 saturated heterocycles. The van der Waals surface area contributed by atoms with Crippen molar-refractivity contribution in [2.24, 2.45) is 0 Å². The molecule has 6 nitrogen and oxygen atoms in total. The maximum Gasteiger partial charge on any atom is 0.266 e. The summed E-state index contributed by atoms with van der Waals surface area (Å²) in [5, 5.41) is 0.843. The third-order valence-corrected chi connectivity index (χ3v) is 6.30. The first kappa shape index (κ1) is 20.1. The Morgan fingerprint density at radius 1 is 1.07 bits per heavy atom. The Hall–Kier alpha value is -3.19. The van der Waals surface area contributed by atoms with Gasteiger partial charge in [0, 0.05) is 18.8 Å². The lowest BCUT2D eigenvalue weighted by Crippen LogP contribution is -2.54. The second kappa shape index (κ2) is 8.28. The van der Waals surface area contributed by atoms with E-state index in [1.807, 2.05) is 68.4 Å². The lowest BCUT2D eigenvalue weighted by atomic mass is 10.00. The van der Waals surface area contributed by atoms with Gasteiger partial charge in [-0.05, 0) is 43.7 Å². The minimum atomic E-state index is -0.684. The molecule has 2 amide bonds. The number of aromatic nitrogens is 1. The Bertz CT molecular complexity index is 1060. The highest BCUT2D eigenvalue weighted by Crippen LogP contribution is 2.33. The molecule has 0 bridgehead atoms. The van der Waals surface area contributed by atoms with Gasteiger partial charge in [-0.15, -0.1) is 11.3 Å². The van der Waals surface area contributed by atoms with Crippen LogP contribution in [0.1, 0.15) is 32.0 Å². The molecular weight excluding hydrogens is 398 g/mol. The second-order valence-electron chi connectivity index (χ2n) is 7.15. The van der Waals surface area contributed by atoms with Crippen molar-refractivity contribution in [2.45, 2.75) is 19.9 Å². The van der Waals surface area contributed by atoms with E-state index in [0.29, 0.717) is 23.7 Å². The Labute approximate surface area is 179 Å². The minimum Gasteiger partial charge on any atom is -0.497 e. The third kappa shape index (κ3) is 3.68. The third-order valence-electron chi connectivity index (χ3n) is 5.23. The molecule has 1 fully saturated rings. The molecular formula is C23H23N3O3S. The van der Waals surface area contributed by atoms with Crippen LogP contribution in [-0.4, -0.2) is 41.9 Å². The van der Waals surface area contributed by atoms with Gasteiger partial charge in [0.1, 0.15) is 16.7 Å². The highest BCUT2D eigenvalue weighted by Gasteiger charge is 2.40. The largest absolute Gasteiger partial charge is 0.497 e. The predicted octanol–water partition coefficient (Wildman–Crippen LogP) is 4.00. The summed E-state index contributed by atoms with van der Waals surface area (Å²) in [6, 6.07) is 16.2. The fraction of sp³-hybridized carbons (Fsp3) is 0.261. The summed E-state index contributed by atoms with van der Waals surface area (Å²) in [6.07, 6.45) is 0. The van der Waals surface area contributed by atoms with Crippen LogP contribution in [0, 0.1) is 13.8 Å². The molecule has 0 radical (unpaired) electrons. The Morgan fingerprint density at radius 2 is 1.77 bits per heavy atom. The van der Waals surface area contributed by atoms with Crippen molar-refractivity contribution >= 4 is 28.8 Å². The first-order chi connectivity index (χ1) is 14.5. The monoisotopic (exact) mass is 421 g/mol. The number of carbonyl (C=O) groups is 2. The summed E-state index contributed by atoms with van der Waals surface area (Å²) in [5.74, 6) is 0.468. The molecule has 1 unspecified atom stereocenters. The predicted molar refractivity (Wildman–Crippen MR) is 117 cm³/mol. The number of thiazole rings is 1. The van der Waals surface area contributed by atoms with Gasteiger partial charge in [0.25, 0.3) is 11.8 Å². The van der Waals surface area contributed by atoms with Gasteiger partial charge >= 0.3 is 0 Å². The first-order valence-corrected chi connectivity index (χ1v) is 10.6. The number of anilines is 1. The van der Waals surface area contributed by atoms with E-state index in [1.54, 1.807) is 16.9 Å².